The number of carbonyl (C=O) groups is 1. The van der Waals surface area contributed by atoms with Gasteiger partial charge in [-0.3, -0.25) is 9.20 Å². The molecule has 0 aliphatic heterocycles. The molecule has 0 spiro atoms. The highest BCUT2D eigenvalue weighted by Crippen LogP contribution is 2.14. The number of pyridine rings is 1. The van der Waals surface area contributed by atoms with Crippen LogP contribution in [0.2, 0.25) is 0 Å². The fraction of sp³-hybridized carbons (Fsp3) is 0.150. The fourth-order valence-electron chi connectivity index (χ4n) is 3.03. The molecule has 3 heterocycles. The Kier molecular flexibility index (Phi) is 4.23. The van der Waals surface area contributed by atoms with Crippen LogP contribution >= 0.6 is 0 Å². The molecule has 6 nitrogen and oxygen atoms in total. The summed E-state index contributed by atoms with van der Waals surface area (Å²) in [6.45, 7) is 2.56. The van der Waals surface area contributed by atoms with Gasteiger partial charge in [0.15, 0.2) is 11.5 Å². The summed E-state index contributed by atoms with van der Waals surface area (Å²) in [4.78, 5) is 12.8. The van der Waals surface area contributed by atoms with Gasteiger partial charge in [-0.2, -0.15) is 0 Å². The quantitative estimate of drug-likeness (QED) is 0.604. The van der Waals surface area contributed by atoms with E-state index in [0.717, 1.165) is 11.2 Å². The summed E-state index contributed by atoms with van der Waals surface area (Å²) in [5, 5.41) is 11.4. The van der Waals surface area contributed by atoms with Crippen LogP contribution in [0.5, 0.6) is 0 Å². The van der Waals surface area contributed by atoms with Crippen LogP contribution in [0.1, 0.15) is 34.8 Å². The minimum atomic E-state index is -0.264. The molecule has 0 fully saturated rings. The summed E-state index contributed by atoms with van der Waals surface area (Å²) in [7, 11) is 0. The largest absolute Gasteiger partial charge is 0.341 e. The number of hydrogen-bond donors (Lipinski definition) is 1. The van der Waals surface area contributed by atoms with E-state index < -0.39 is 0 Å². The molecule has 0 saturated heterocycles. The van der Waals surface area contributed by atoms with Crippen LogP contribution in [0.3, 0.4) is 0 Å². The smallest absolute Gasteiger partial charge is 0.268 e. The number of fused-ring (bicyclic) bond motifs is 1. The zero-order valence-electron chi connectivity index (χ0n) is 14.4. The van der Waals surface area contributed by atoms with Gasteiger partial charge in [-0.05, 0) is 36.8 Å². The predicted molar refractivity (Wildman–Crippen MR) is 98.8 cm³/mol. The third-order valence-corrected chi connectivity index (χ3v) is 4.33. The van der Waals surface area contributed by atoms with E-state index in [1.807, 2.05) is 88.9 Å². The lowest BCUT2D eigenvalue weighted by Crippen LogP contribution is -2.29. The van der Waals surface area contributed by atoms with Crippen LogP contribution in [0.15, 0.2) is 73.1 Å². The predicted octanol–water partition coefficient (Wildman–Crippen LogP) is 3.07. The van der Waals surface area contributed by atoms with Crippen molar-refractivity contribution in [1.29, 1.82) is 0 Å². The van der Waals surface area contributed by atoms with E-state index in [9.17, 15) is 4.79 Å². The number of rotatable bonds is 5. The molecule has 1 N–H and O–H groups in total. The van der Waals surface area contributed by atoms with Crippen LogP contribution < -0.4 is 5.32 Å². The maximum atomic E-state index is 12.8. The Morgan fingerprint density at radius 3 is 2.65 bits per heavy atom. The lowest BCUT2D eigenvalue weighted by Gasteiger charge is -2.14. The molecule has 3 aromatic heterocycles. The topological polar surface area (TPSA) is 64.2 Å². The van der Waals surface area contributed by atoms with E-state index in [1.54, 1.807) is 0 Å². The van der Waals surface area contributed by atoms with E-state index in [0.29, 0.717) is 18.1 Å². The van der Waals surface area contributed by atoms with Crippen molar-refractivity contribution in [3.8, 4) is 0 Å². The Labute approximate surface area is 151 Å². The molecule has 1 atom stereocenters. The summed E-state index contributed by atoms with van der Waals surface area (Å²) in [6.07, 6.45) is 3.81. The van der Waals surface area contributed by atoms with Crippen LogP contribution in [0.25, 0.3) is 5.65 Å². The average Bonchev–Trinajstić information content (AvgIpc) is 3.29. The lowest BCUT2D eigenvalue weighted by atomic mass is 10.2. The fourth-order valence-corrected chi connectivity index (χ4v) is 3.03. The molecule has 0 bridgehead atoms. The zero-order chi connectivity index (χ0) is 17.9. The van der Waals surface area contributed by atoms with Gasteiger partial charge in [0, 0.05) is 18.9 Å². The van der Waals surface area contributed by atoms with Gasteiger partial charge in [0.25, 0.3) is 5.91 Å². The molecule has 0 aliphatic carbocycles. The van der Waals surface area contributed by atoms with Gasteiger partial charge >= 0.3 is 0 Å². The van der Waals surface area contributed by atoms with Crippen molar-refractivity contribution in [2.45, 2.75) is 19.5 Å². The summed E-state index contributed by atoms with van der Waals surface area (Å²) in [5.41, 5.74) is 2.53. The van der Waals surface area contributed by atoms with Crippen LogP contribution in [0.4, 0.5) is 0 Å². The number of nitrogens with zero attached hydrogens (tertiary/aromatic N) is 4. The van der Waals surface area contributed by atoms with Crippen molar-refractivity contribution in [3.63, 3.8) is 0 Å². The number of amides is 1. The summed E-state index contributed by atoms with van der Waals surface area (Å²) in [6, 6.07) is 19.2. The zero-order valence-corrected chi connectivity index (χ0v) is 14.4. The van der Waals surface area contributed by atoms with E-state index in [4.69, 9.17) is 0 Å². The Bertz CT molecular complexity index is 1030. The second-order valence-corrected chi connectivity index (χ2v) is 6.19. The molecular weight excluding hydrogens is 326 g/mol. The third kappa shape index (κ3) is 3.09. The summed E-state index contributed by atoms with van der Waals surface area (Å²) < 4.78 is 3.83. The van der Waals surface area contributed by atoms with Gasteiger partial charge in [0.05, 0.1) is 6.04 Å². The maximum Gasteiger partial charge on any atom is 0.268 e. The van der Waals surface area contributed by atoms with Gasteiger partial charge in [-0.15, -0.1) is 10.2 Å². The number of nitrogens with one attached hydrogen (secondary N) is 1. The van der Waals surface area contributed by atoms with Crippen molar-refractivity contribution < 1.29 is 4.79 Å². The monoisotopic (exact) mass is 345 g/mol. The first-order chi connectivity index (χ1) is 12.7. The molecule has 1 aromatic carbocycles. The van der Waals surface area contributed by atoms with Crippen molar-refractivity contribution in [2.75, 3.05) is 0 Å². The van der Waals surface area contributed by atoms with Crippen LogP contribution in [-0.2, 0) is 6.54 Å². The van der Waals surface area contributed by atoms with Crippen molar-refractivity contribution in [1.82, 2.24) is 24.5 Å². The minimum absolute atomic E-state index is 0.133. The van der Waals surface area contributed by atoms with Gasteiger partial charge in [0.2, 0.25) is 0 Å². The minimum Gasteiger partial charge on any atom is -0.341 e. The van der Waals surface area contributed by atoms with Crippen molar-refractivity contribution in [3.05, 3.63) is 90.1 Å². The molecule has 0 radical (unpaired) electrons. The maximum absolute atomic E-state index is 12.8. The van der Waals surface area contributed by atoms with Gasteiger partial charge < -0.3 is 9.88 Å². The molecule has 4 rings (SSSR count). The van der Waals surface area contributed by atoms with Crippen molar-refractivity contribution >= 4 is 11.6 Å². The van der Waals surface area contributed by atoms with E-state index >= 15 is 0 Å². The third-order valence-electron chi connectivity index (χ3n) is 4.33. The van der Waals surface area contributed by atoms with E-state index in [2.05, 4.69) is 15.5 Å². The van der Waals surface area contributed by atoms with Crippen molar-refractivity contribution in [2.24, 2.45) is 0 Å². The van der Waals surface area contributed by atoms with Gasteiger partial charge in [-0.1, -0.05) is 36.4 Å². The first-order valence-corrected chi connectivity index (χ1v) is 8.52. The number of benzene rings is 1. The molecule has 1 unspecified atom stereocenters. The molecule has 4 aromatic rings. The molecule has 0 saturated carbocycles. The van der Waals surface area contributed by atoms with Gasteiger partial charge in [0.1, 0.15) is 5.69 Å². The Morgan fingerprint density at radius 1 is 1.00 bits per heavy atom. The highest BCUT2D eigenvalue weighted by molar-refractivity contribution is 5.93. The molecule has 26 heavy (non-hydrogen) atoms. The van der Waals surface area contributed by atoms with Crippen LogP contribution in [0, 0.1) is 0 Å². The van der Waals surface area contributed by atoms with E-state index in [1.165, 1.54) is 0 Å². The molecule has 130 valence electrons. The van der Waals surface area contributed by atoms with E-state index in [-0.39, 0.29) is 11.9 Å². The second kappa shape index (κ2) is 6.84. The normalized spacial score (nSPS) is 12.2. The highest BCUT2D eigenvalue weighted by Gasteiger charge is 2.18. The highest BCUT2D eigenvalue weighted by atomic mass is 16.2. The van der Waals surface area contributed by atoms with Crippen LogP contribution in [-0.4, -0.2) is 25.1 Å². The first kappa shape index (κ1) is 16.1. The molecule has 6 heteroatoms. The number of carbonyl (C=O) groups excluding carboxylic acids is 1. The molecule has 1 amide bonds. The summed E-state index contributed by atoms with van der Waals surface area (Å²) >= 11 is 0. The number of aromatic nitrogens is 4. The SMILES string of the molecule is CC(NC(=O)c1cccn1Cc1ccccc1)c1nnc2ccccn12. The standard InChI is InChI=1S/C20H19N5O/c1-15(19-23-22-18-11-5-6-13-25(18)19)21-20(26)17-10-7-12-24(17)14-16-8-3-2-4-9-16/h2-13,15H,14H2,1H3,(H,21,26). The molecule has 0 aliphatic rings. The second-order valence-electron chi connectivity index (χ2n) is 6.19. The van der Waals surface area contributed by atoms with Gasteiger partial charge in [-0.25, -0.2) is 0 Å². The molecular formula is C20H19N5O. The summed E-state index contributed by atoms with van der Waals surface area (Å²) in [5.74, 6) is 0.571. The average molecular weight is 345 g/mol. The first-order valence-electron chi connectivity index (χ1n) is 8.52. The lowest BCUT2D eigenvalue weighted by molar-refractivity contribution is 0.0929. The Balaban J connectivity index is 1.53. The Morgan fingerprint density at radius 2 is 1.81 bits per heavy atom. The number of hydrogen-bond acceptors (Lipinski definition) is 3. The Hall–Kier alpha value is -3.41.